The second-order valence-corrected chi connectivity index (χ2v) is 4.09. The molecule has 1 aliphatic rings. The minimum atomic E-state index is 0.166. The van der Waals surface area contributed by atoms with Crippen LogP contribution in [-0.2, 0) is 11.2 Å². The highest BCUT2D eigenvalue weighted by molar-refractivity contribution is 7.80. The van der Waals surface area contributed by atoms with E-state index in [1.807, 2.05) is 12.1 Å². The van der Waals surface area contributed by atoms with Crippen molar-refractivity contribution in [3.8, 4) is 0 Å². The van der Waals surface area contributed by atoms with Crippen molar-refractivity contribution < 1.29 is 9.21 Å². The van der Waals surface area contributed by atoms with Gasteiger partial charge in [-0.2, -0.15) is 0 Å². The van der Waals surface area contributed by atoms with Crippen molar-refractivity contribution in [2.75, 3.05) is 6.54 Å². The molecule has 0 spiro atoms. The minimum absolute atomic E-state index is 0.166. The van der Waals surface area contributed by atoms with Crippen LogP contribution in [0.5, 0.6) is 0 Å². The Labute approximate surface area is 94.1 Å². The SMILES string of the molecule is O=C1CCC(=S)N1CCCc1ccco1. The van der Waals surface area contributed by atoms with E-state index in [0.717, 1.165) is 36.6 Å². The van der Waals surface area contributed by atoms with Crippen molar-refractivity contribution in [3.63, 3.8) is 0 Å². The number of amides is 1. The summed E-state index contributed by atoms with van der Waals surface area (Å²) in [7, 11) is 0. The Morgan fingerprint density at radius 3 is 2.93 bits per heavy atom. The van der Waals surface area contributed by atoms with Gasteiger partial charge in [-0.3, -0.25) is 4.79 Å². The molecule has 80 valence electrons. The Bertz CT molecular complexity index is 343. The highest BCUT2D eigenvalue weighted by Crippen LogP contribution is 2.14. The van der Waals surface area contributed by atoms with Gasteiger partial charge in [0.15, 0.2) is 0 Å². The zero-order valence-electron chi connectivity index (χ0n) is 8.44. The first-order chi connectivity index (χ1) is 7.27. The molecule has 0 atom stereocenters. The molecule has 2 rings (SSSR count). The van der Waals surface area contributed by atoms with Crippen LogP contribution in [0.3, 0.4) is 0 Å². The van der Waals surface area contributed by atoms with Crippen LogP contribution in [-0.4, -0.2) is 22.3 Å². The summed E-state index contributed by atoms with van der Waals surface area (Å²) in [5, 5.41) is 0. The van der Waals surface area contributed by atoms with Crippen LogP contribution in [0.4, 0.5) is 0 Å². The van der Waals surface area contributed by atoms with Gasteiger partial charge < -0.3 is 9.32 Å². The Kier molecular flexibility index (Phi) is 3.16. The number of furan rings is 1. The van der Waals surface area contributed by atoms with E-state index in [9.17, 15) is 4.79 Å². The maximum absolute atomic E-state index is 11.4. The number of aryl methyl sites for hydroxylation is 1. The minimum Gasteiger partial charge on any atom is -0.469 e. The molecule has 4 heteroatoms. The number of hydrogen-bond acceptors (Lipinski definition) is 3. The molecule has 2 heterocycles. The second kappa shape index (κ2) is 4.57. The molecule has 0 aliphatic carbocycles. The van der Waals surface area contributed by atoms with Gasteiger partial charge in [-0.05, 0) is 18.6 Å². The van der Waals surface area contributed by atoms with Crippen molar-refractivity contribution in [2.24, 2.45) is 0 Å². The van der Waals surface area contributed by atoms with Crippen molar-refractivity contribution in [1.82, 2.24) is 4.90 Å². The maximum atomic E-state index is 11.4. The van der Waals surface area contributed by atoms with Crippen LogP contribution in [0.1, 0.15) is 25.0 Å². The quantitative estimate of drug-likeness (QED) is 0.733. The van der Waals surface area contributed by atoms with E-state index in [1.165, 1.54) is 0 Å². The van der Waals surface area contributed by atoms with E-state index in [1.54, 1.807) is 11.2 Å². The smallest absolute Gasteiger partial charge is 0.227 e. The van der Waals surface area contributed by atoms with Crippen LogP contribution < -0.4 is 0 Å². The van der Waals surface area contributed by atoms with E-state index in [-0.39, 0.29) is 5.91 Å². The summed E-state index contributed by atoms with van der Waals surface area (Å²) in [6.45, 7) is 0.721. The van der Waals surface area contributed by atoms with Crippen LogP contribution in [0.15, 0.2) is 22.8 Å². The Hall–Kier alpha value is -1.16. The monoisotopic (exact) mass is 223 g/mol. The van der Waals surface area contributed by atoms with Gasteiger partial charge in [0.25, 0.3) is 0 Å². The third-order valence-corrected chi connectivity index (χ3v) is 2.96. The average molecular weight is 223 g/mol. The van der Waals surface area contributed by atoms with Crippen LogP contribution in [0.2, 0.25) is 0 Å². The predicted octanol–water partition coefficient (Wildman–Crippen LogP) is 2.16. The van der Waals surface area contributed by atoms with Crippen molar-refractivity contribution >= 4 is 23.1 Å². The maximum Gasteiger partial charge on any atom is 0.227 e. The summed E-state index contributed by atoms with van der Waals surface area (Å²) >= 11 is 5.11. The summed E-state index contributed by atoms with van der Waals surface area (Å²) in [6, 6.07) is 3.82. The standard InChI is InChI=1S/C11H13NO2S/c13-10-5-6-11(15)12(10)7-1-3-9-4-2-8-14-9/h2,4,8H,1,3,5-7H2. The molecule has 1 aromatic heterocycles. The van der Waals surface area contributed by atoms with E-state index in [0.29, 0.717) is 6.42 Å². The fourth-order valence-electron chi connectivity index (χ4n) is 1.74. The molecule has 1 fully saturated rings. The van der Waals surface area contributed by atoms with Gasteiger partial charge in [0.2, 0.25) is 5.91 Å². The molecule has 0 saturated carbocycles. The van der Waals surface area contributed by atoms with Crippen LogP contribution in [0, 0.1) is 0 Å². The van der Waals surface area contributed by atoms with Crippen molar-refractivity contribution in [1.29, 1.82) is 0 Å². The summed E-state index contributed by atoms with van der Waals surface area (Å²) < 4.78 is 5.22. The number of carbonyl (C=O) groups is 1. The molecule has 1 aromatic rings. The summed E-state index contributed by atoms with van der Waals surface area (Å²) in [5.41, 5.74) is 0. The third-order valence-electron chi connectivity index (χ3n) is 2.54. The Morgan fingerprint density at radius 1 is 1.47 bits per heavy atom. The lowest BCUT2D eigenvalue weighted by Crippen LogP contribution is -2.29. The fraction of sp³-hybridized carbons (Fsp3) is 0.455. The largest absolute Gasteiger partial charge is 0.469 e. The molecule has 0 N–H and O–H groups in total. The zero-order valence-corrected chi connectivity index (χ0v) is 9.26. The predicted molar refractivity (Wildman–Crippen MR) is 60.6 cm³/mol. The molecule has 1 aliphatic heterocycles. The molecular weight excluding hydrogens is 210 g/mol. The zero-order chi connectivity index (χ0) is 10.7. The second-order valence-electron chi connectivity index (χ2n) is 3.62. The molecule has 1 saturated heterocycles. The Balaban J connectivity index is 1.78. The lowest BCUT2D eigenvalue weighted by molar-refractivity contribution is -0.125. The molecule has 3 nitrogen and oxygen atoms in total. The lowest BCUT2D eigenvalue weighted by atomic mass is 10.2. The first kappa shape index (κ1) is 10.4. The van der Waals surface area contributed by atoms with E-state index in [2.05, 4.69) is 0 Å². The molecule has 1 amide bonds. The number of carbonyl (C=O) groups excluding carboxylic acids is 1. The van der Waals surface area contributed by atoms with Gasteiger partial charge in [0, 0.05) is 25.8 Å². The molecule has 15 heavy (non-hydrogen) atoms. The summed E-state index contributed by atoms with van der Waals surface area (Å²) in [5.74, 6) is 1.13. The Morgan fingerprint density at radius 2 is 2.33 bits per heavy atom. The molecule has 0 bridgehead atoms. The number of rotatable bonds is 4. The summed E-state index contributed by atoms with van der Waals surface area (Å²) in [4.78, 5) is 13.9. The molecular formula is C11H13NO2S. The van der Waals surface area contributed by atoms with Crippen LogP contribution in [0.25, 0.3) is 0 Å². The van der Waals surface area contributed by atoms with Gasteiger partial charge in [-0.15, -0.1) is 0 Å². The van der Waals surface area contributed by atoms with E-state index < -0.39 is 0 Å². The number of likely N-dealkylation sites (tertiary alicyclic amines) is 1. The molecule has 0 aromatic carbocycles. The van der Waals surface area contributed by atoms with Crippen molar-refractivity contribution in [2.45, 2.75) is 25.7 Å². The summed E-state index contributed by atoms with van der Waals surface area (Å²) in [6.07, 6.45) is 4.76. The molecule has 0 unspecified atom stereocenters. The fourth-order valence-corrected chi connectivity index (χ4v) is 2.03. The topological polar surface area (TPSA) is 33.5 Å². The van der Waals surface area contributed by atoms with Crippen LogP contribution >= 0.6 is 12.2 Å². The first-order valence-corrected chi connectivity index (χ1v) is 5.54. The lowest BCUT2D eigenvalue weighted by Gasteiger charge is -2.14. The number of nitrogens with zero attached hydrogens (tertiary/aromatic N) is 1. The van der Waals surface area contributed by atoms with Gasteiger partial charge >= 0.3 is 0 Å². The van der Waals surface area contributed by atoms with Gasteiger partial charge in [0.05, 0.1) is 11.3 Å². The van der Waals surface area contributed by atoms with Crippen molar-refractivity contribution in [3.05, 3.63) is 24.2 Å². The number of thiocarbonyl (C=S) groups is 1. The number of hydrogen-bond donors (Lipinski definition) is 0. The highest BCUT2D eigenvalue weighted by atomic mass is 32.1. The molecule has 0 radical (unpaired) electrons. The van der Waals surface area contributed by atoms with Gasteiger partial charge in [0.1, 0.15) is 5.76 Å². The average Bonchev–Trinajstić information content (AvgIpc) is 2.82. The van der Waals surface area contributed by atoms with Gasteiger partial charge in [-0.25, -0.2) is 0 Å². The van der Waals surface area contributed by atoms with E-state index in [4.69, 9.17) is 16.6 Å². The third kappa shape index (κ3) is 2.45. The first-order valence-electron chi connectivity index (χ1n) is 5.13. The normalized spacial score (nSPS) is 16.4. The highest BCUT2D eigenvalue weighted by Gasteiger charge is 2.24. The van der Waals surface area contributed by atoms with Gasteiger partial charge in [-0.1, -0.05) is 12.2 Å². The van der Waals surface area contributed by atoms with E-state index >= 15 is 0 Å².